The number of piperidine rings is 1. The van der Waals surface area contributed by atoms with Gasteiger partial charge in [0.2, 0.25) is 0 Å². The third-order valence-electron chi connectivity index (χ3n) is 23.5. The molecule has 11 atom stereocenters. The molecule has 10 aliphatic heterocycles. The maximum absolute atomic E-state index is 5.30. The van der Waals surface area contributed by atoms with Gasteiger partial charge in [0, 0.05) is 167 Å². The molecule has 1 aliphatic carbocycles. The molecule has 11 aliphatic rings. The smallest absolute Gasteiger partial charge is 0.0710 e. The molecule has 133 heavy (non-hydrogen) atoms. The Kier molecular flexibility index (Phi) is 57.5. The van der Waals surface area contributed by atoms with Crippen molar-refractivity contribution in [2.75, 3.05) is 218 Å². The Labute approximate surface area is 827 Å². The molecule has 756 valence electrons. The van der Waals surface area contributed by atoms with E-state index in [1.807, 2.05) is 0 Å². The van der Waals surface area contributed by atoms with E-state index in [-0.39, 0.29) is 54.1 Å². The van der Waals surface area contributed by atoms with Gasteiger partial charge in [-0.05, 0) is 359 Å². The highest BCUT2D eigenvalue weighted by atomic mass is 16.5. The minimum atomic E-state index is 0.125. The third-order valence-corrected chi connectivity index (χ3v) is 23.5. The Balaban J connectivity index is 0.000000500. The molecule has 0 bridgehead atoms. The zero-order chi connectivity index (χ0) is 101. The van der Waals surface area contributed by atoms with Gasteiger partial charge >= 0.3 is 0 Å². The van der Waals surface area contributed by atoms with Crippen molar-refractivity contribution in [3.63, 3.8) is 0 Å². The Morgan fingerprint density at radius 3 is 0.421 bits per heavy atom. The Morgan fingerprint density at radius 2 is 0.308 bits per heavy atom. The van der Waals surface area contributed by atoms with E-state index in [2.05, 4.69) is 417 Å². The molecule has 10 saturated heterocycles. The van der Waals surface area contributed by atoms with Gasteiger partial charge in [-0.2, -0.15) is 0 Å². The van der Waals surface area contributed by atoms with Crippen LogP contribution in [-0.2, 0) is 14.2 Å². The molecule has 0 radical (unpaired) electrons. The average molecular weight is 1840 g/mol. The van der Waals surface area contributed by atoms with Gasteiger partial charge in [-0.25, -0.2) is 0 Å². The topological polar surface area (TPSA) is 60.1 Å². The highest BCUT2D eigenvalue weighted by Gasteiger charge is 2.44. The van der Waals surface area contributed by atoms with Crippen LogP contribution in [0.15, 0.2) is 0 Å². The number of ether oxygens (including phenoxy) is 3. The average Bonchev–Trinajstić information content (AvgIpc) is 1.64. The van der Waals surface area contributed by atoms with Crippen LogP contribution in [0.3, 0.4) is 0 Å². The summed E-state index contributed by atoms with van der Waals surface area (Å²) < 4.78 is 15.9. The first kappa shape index (κ1) is 124. The summed E-state index contributed by atoms with van der Waals surface area (Å²) in [5, 5.41) is 0. The van der Waals surface area contributed by atoms with E-state index in [4.69, 9.17) is 14.2 Å². The van der Waals surface area contributed by atoms with Gasteiger partial charge in [0.1, 0.15) is 0 Å². The highest BCUT2D eigenvalue weighted by Crippen LogP contribution is 2.44. The second kappa shape index (κ2) is 61.6. The number of hydrogen-bond donors (Lipinski definition) is 0. The van der Waals surface area contributed by atoms with Crippen LogP contribution in [0.2, 0.25) is 0 Å². The number of nitrogens with zero attached hydrogens (tertiary/aromatic N) is 10. The predicted molar refractivity (Wildman–Crippen MR) is 577 cm³/mol. The van der Waals surface area contributed by atoms with Gasteiger partial charge in [-0.1, -0.05) is 160 Å². The summed E-state index contributed by atoms with van der Waals surface area (Å²) in [4.78, 5) is 24.2. The number of hydrogen-bond acceptors (Lipinski definition) is 13. The third kappa shape index (κ3) is 72.1. The maximum atomic E-state index is 5.30. The molecule has 0 aromatic rings. The van der Waals surface area contributed by atoms with Crippen molar-refractivity contribution >= 4 is 0 Å². The van der Waals surface area contributed by atoms with E-state index in [9.17, 15) is 0 Å². The zero-order valence-electron chi connectivity index (χ0n) is 94.3. The highest BCUT2D eigenvalue weighted by molar-refractivity contribution is 5.16. The molecule has 0 aromatic heterocycles. The summed E-state index contributed by atoms with van der Waals surface area (Å²) in [5.41, 5.74) is 1.49. The minimum absolute atomic E-state index is 0.125. The molecule has 5 unspecified atom stereocenters. The first-order valence-corrected chi connectivity index (χ1v) is 52.2. The van der Waals surface area contributed by atoms with Gasteiger partial charge < -0.3 is 14.2 Å². The second-order valence-electron chi connectivity index (χ2n) is 51.4. The van der Waals surface area contributed by atoms with E-state index in [1.54, 1.807) is 21.3 Å². The van der Waals surface area contributed by atoms with E-state index in [0.717, 1.165) is 171 Å². The molecule has 13 nitrogen and oxygen atoms in total. The lowest BCUT2D eigenvalue weighted by molar-refractivity contribution is 0.109. The van der Waals surface area contributed by atoms with Gasteiger partial charge in [-0.15, -0.1) is 0 Å². The molecule has 1 saturated carbocycles. The monoisotopic (exact) mass is 1840 g/mol. The summed E-state index contributed by atoms with van der Waals surface area (Å²) in [5.74, 6) is 72.5. The van der Waals surface area contributed by atoms with E-state index >= 15 is 0 Å². The predicted octanol–water partition coefficient (Wildman–Crippen LogP) is 21.5. The van der Waals surface area contributed by atoms with Crippen molar-refractivity contribution in [1.82, 2.24) is 49.0 Å². The summed E-state index contributed by atoms with van der Waals surface area (Å²) >= 11 is 0. The minimum Gasteiger partial charge on any atom is -0.380 e. The first-order chi connectivity index (χ1) is 61.4. The Morgan fingerprint density at radius 1 is 0.180 bits per heavy atom. The van der Waals surface area contributed by atoms with Crippen LogP contribution in [0.25, 0.3) is 0 Å². The van der Waals surface area contributed by atoms with Gasteiger partial charge in [-0.3, -0.25) is 49.0 Å². The normalized spacial score (nSPS) is 24.7. The van der Waals surface area contributed by atoms with Crippen LogP contribution < -0.4 is 0 Å². The summed E-state index contributed by atoms with van der Waals surface area (Å²) in [6.45, 7) is 112. The van der Waals surface area contributed by atoms with Crippen LogP contribution in [0.5, 0.6) is 0 Å². The van der Waals surface area contributed by atoms with Crippen LogP contribution in [0.4, 0.5) is 0 Å². The first-order valence-electron chi connectivity index (χ1n) is 52.2. The maximum Gasteiger partial charge on any atom is 0.0710 e. The second-order valence-corrected chi connectivity index (χ2v) is 51.4. The summed E-state index contributed by atoms with van der Waals surface area (Å²) in [6.07, 6.45) is 14.3. The number of fused-ring (bicyclic) bond motifs is 1. The standard InChI is InChI=1S/3C12H21NO.C12H19N.6C12H21N/c3*1-12(2,3)7-5-8-13-9-6-11(10-13)14-4;1-12(2,3)5-4-6-13-8-10-7-11(10)9-13;6*1-11-6-9-13(10-11)8-5-7-12(2,3)4/h3*11H,6,8-10H2,1-4H3;10-11H,6-9H2,1-3H3;6*11H,6,8-10H2,1-4H3/t2*11-;;;4*11-;;/m10..1100../s1. The SMILES string of the molecule is CC(C)(C)C#CCN1CC2CC2C1.CC1CCN(CC#CC(C)(C)C)C1.CC1CCN(CC#CC(C)(C)C)C1.COC1CCN(CC#CC(C)(C)C)C1.CO[C@@H]1CCN(CC#CC(C)(C)C)C1.CO[C@H]1CCN(CC#CC(C)(C)C)C1.C[C@@H]1CCN(CC#CC(C)(C)C)C1.C[C@@H]1CCN(CC#CC(C)(C)C)C1.C[C@H]1CCN(CC#CC(C)(C)C)C1.C[C@H]1CCN(CC#CC(C)(C)C)C1. The van der Waals surface area contributed by atoms with Gasteiger partial charge in [0.15, 0.2) is 0 Å². The van der Waals surface area contributed by atoms with E-state index in [0.29, 0.717) is 18.3 Å². The summed E-state index contributed by atoms with van der Waals surface area (Å²) in [6, 6.07) is 0. The fraction of sp³-hybridized carbons (Fsp3) is 0.833. The zero-order valence-corrected chi connectivity index (χ0v) is 94.3. The van der Waals surface area contributed by atoms with Crippen LogP contribution in [-0.4, -0.2) is 285 Å². The van der Waals surface area contributed by atoms with Crippen molar-refractivity contribution in [3.05, 3.63) is 0 Å². The fourth-order valence-corrected chi connectivity index (χ4v) is 16.2. The van der Waals surface area contributed by atoms with Crippen LogP contribution >= 0.6 is 0 Å². The fourth-order valence-electron chi connectivity index (χ4n) is 16.2. The number of likely N-dealkylation sites (tertiary alicyclic amines) is 10. The Hall–Kier alpha value is -4.92. The van der Waals surface area contributed by atoms with Crippen LogP contribution in [0, 0.1) is 220 Å². The molecular formula is C120H208N10O3. The molecule has 10 heterocycles. The lowest BCUT2D eigenvalue weighted by Crippen LogP contribution is -2.23. The molecule has 13 heteroatoms. The van der Waals surface area contributed by atoms with Crippen molar-refractivity contribution in [1.29, 1.82) is 0 Å². The van der Waals surface area contributed by atoms with Crippen LogP contribution in [0.1, 0.15) is 313 Å². The molecular weight excluding hydrogens is 1630 g/mol. The number of rotatable bonds is 13. The molecule has 11 rings (SSSR count). The lowest BCUT2D eigenvalue weighted by Gasteiger charge is -2.13. The van der Waals surface area contributed by atoms with Crippen molar-refractivity contribution in [2.45, 2.75) is 332 Å². The van der Waals surface area contributed by atoms with Crippen molar-refractivity contribution in [2.24, 2.45) is 101 Å². The van der Waals surface area contributed by atoms with Gasteiger partial charge in [0.25, 0.3) is 0 Å². The molecule has 0 amide bonds. The lowest BCUT2D eigenvalue weighted by atomic mass is 9.98. The molecule has 0 N–H and O–H groups in total. The van der Waals surface area contributed by atoms with E-state index < -0.39 is 0 Å². The molecule has 11 fully saturated rings. The van der Waals surface area contributed by atoms with Gasteiger partial charge in [0.05, 0.1) is 83.8 Å². The quantitative estimate of drug-likeness (QED) is 0.165. The van der Waals surface area contributed by atoms with E-state index in [1.165, 1.54) is 137 Å². The molecule has 0 spiro atoms. The van der Waals surface area contributed by atoms with Crippen molar-refractivity contribution < 1.29 is 14.2 Å². The largest absolute Gasteiger partial charge is 0.380 e. The Bertz CT molecular complexity index is 3330. The number of methoxy groups -OCH3 is 3. The molecule has 0 aromatic carbocycles. The summed E-state index contributed by atoms with van der Waals surface area (Å²) in [7, 11) is 5.36. The van der Waals surface area contributed by atoms with Crippen molar-refractivity contribution in [3.8, 4) is 118 Å².